The number of hydrogen-bond acceptors (Lipinski definition) is 7. The molecule has 0 fully saturated rings. The van der Waals surface area contributed by atoms with Crippen LogP contribution in [0.15, 0.2) is 30.3 Å². The summed E-state index contributed by atoms with van der Waals surface area (Å²) < 4.78 is 3.69. The summed E-state index contributed by atoms with van der Waals surface area (Å²) in [4.78, 5) is 46.9. The topological polar surface area (TPSA) is 127 Å². The molecule has 0 bridgehead atoms. The number of amides is 3. The molecular formula is C32H46N8O3S. The molecule has 2 atom stereocenters. The molecule has 1 aliphatic heterocycles. The average Bonchev–Trinajstić information content (AvgIpc) is 3.53. The Morgan fingerprint density at radius 3 is 2.48 bits per heavy atom. The number of carbonyl (C=O) groups is 3. The molecular weight excluding hydrogens is 576 g/mol. The molecule has 11 nitrogen and oxygen atoms in total. The van der Waals surface area contributed by atoms with Crippen LogP contribution in [-0.4, -0.2) is 78.3 Å². The van der Waals surface area contributed by atoms with E-state index in [1.54, 1.807) is 11.8 Å². The summed E-state index contributed by atoms with van der Waals surface area (Å²) in [6.07, 6.45) is 4.17. The monoisotopic (exact) mass is 622 g/mol. The first kappa shape index (κ1) is 33.2. The van der Waals surface area contributed by atoms with E-state index in [1.165, 1.54) is 0 Å². The quantitative estimate of drug-likeness (QED) is 0.393. The molecule has 1 aromatic carbocycles. The molecule has 44 heavy (non-hydrogen) atoms. The van der Waals surface area contributed by atoms with Crippen LogP contribution >= 0.6 is 11.8 Å². The maximum absolute atomic E-state index is 13.6. The average molecular weight is 623 g/mol. The first-order valence-corrected chi connectivity index (χ1v) is 16.8. The number of benzene rings is 1. The van der Waals surface area contributed by atoms with Crippen molar-refractivity contribution in [3.8, 4) is 11.4 Å². The fourth-order valence-corrected chi connectivity index (χ4v) is 6.06. The zero-order valence-corrected chi connectivity index (χ0v) is 27.6. The summed E-state index contributed by atoms with van der Waals surface area (Å²) >= 11 is 1.63. The van der Waals surface area contributed by atoms with Crippen LogP contribution in [0.1, 0.15) is 68.3 Å². The first-order valence-electron chi connectivity index (χ1n) is 15.4. The van der Waals surface area contributed by atoms with Gasteiger partial charge in [-0.2, -0.15) is 22.0 Å². The van der Waals surface area contributed by atoms with Gasteiger partial charge in [0.15, 0.2) is 11.6 Å². The number of thioether (sulfide) groups is 1. The molecule has 0 saturated heterocycles. The van der Waals surface area contributed by atoms with Gasteiger partial charge in [-0.1, -0.05) is 44.2 Å². The second-order valence-corrected chi connectivity index (χ2v) is 12.8. The molecule has 2 aromatic heterocycles. The van der Waals surface area contributed by atoms with E-state index in [-0.39, 0.29) is 30.1 Å². The van der Waals surface area contributed by atoms with Crippen molar-refractivity contribution in [2.24, 2.45) is 13.0 Å². The van der Waals surface area contributed by atoms with Gasteiger partial charge in [0.25, 0.3) is 0 Å². The number of aromatic nitrogens is 5. The van der Waals surface area contributed by atoms with E-state index < -0.39 is 12.1 Å². The Hall–Kier alpha value is -3.67. The summed E-state index contributed by atoms with van der Waals surface area (Å²) in [6.45, 7) is 9.31. The van der Waals surface area contributed by atoms with E-state index in [2.05, 4.69) is 15.7 Å². The predicted octanol–water partition coefficient (Wildman–Crippen LogP) is 3.60. The molecule has 0 spiro atoms. The number of fused-ring (bicyclic) bond motifs is 1. The highest BCUT2D eigenvalue weighted by molar-refractivity contribution is 7.98. The summed E-state index contributed by atoms with van der Waals surface area (Å²) in [5.41, 5.74) is 3.97. The molecule has 0 radical (unpaired) electrons. The van der Waals surface area contributed by atoms with Gasteiger partial charge >= 0.3 is 0 Å². The normalized spacial score (nSPS) is 18.5. The van der Waals surface area contributed by atoms with Crippen molar-refractivity contribution in [1.82, 2.24) is 40.1 Å². The van der Waals surface area contributed by atoms with E-state index >= 15 is 0 Å². The zero-order chi connectivity index (χ0) is 31.8. The Morgan fingerprint density at radius 1 is 1.07 bits per heavy atom. The summed E-state index contributed by atoms with van der Waals surface area (Å²) in [5.74, 6) is 1.54. The maximum Gasteiger partial charge on any atom is 0.243 e. The van der Waals surface area contributed by atoms with Crippen LogP contribution in [0.5, 0.6) is 0 Å². The largest absolute Gasteiger partial charge is 0.344 e. The van der Waals surface area contributed by atoms with E-state index in [4.69, 9.17) is 10.1 Å². The van der Waals surface area contributed by atoms with Crippen molar-refractivity contribution in [2.45, 2.75) is 78.4 Å². The molecule has 3 aromatic rings. The number of carbonyl (C=O) groups excluding carboxylic acids is 3. The number of rotatable bonds is 8. The Balaban J connectivity index is 1.66. The number of aryl methyl sites for hydroxylation is 2. The molecule has 0 saturated carbocycles. The lowest BCUT2D eigenvalue weighted by Crippen LogP contribution is -2.49. The lowest BCUT2D eigenvalue weighted by molar-refractivity contribution is -0.132. The van der Waals surface area contributed by atoms with Gasteiger partial charge in [0.2, 0.25) is 17.7 Å². The van der Waals surface area contributed by atoms with Gasteiger partial charge in [-0.3, -0.25) is 19.1 Å². The fourth-order valence-electron chi connectivity index (χ4n) is 5.59. The number of hydrogen-bond donors (Lipinski definition) is 2. The van der Waals surface area contributed by atoms with Crippen LogP contribution in [0.4, 0.5) is 0 Å². The molecule has 4 rings (SSSR count). The summed E-state index contributed by atoms with van der Waals surface area (Å²) in [5, 5.41) is 15.5. The molecule has 0 aliphatic carbocycles. The van der Waals surface area contributed by atoms with E-state index in [0.717, 1.165) is 28.3 Å². The van der Waals surface area contributed by atoms with Crippen molar-refractivity contribution >= 4 is 29.5 Å². The highest BCUT2D eigenvalue weighted by Gasteiger charge is 2.30. The van der Waals surface area contributed by atoms with Crippen molar-refractivity contribution in [1.29, 1.82) is 0 Å². The Labute approximate surface area is 264 Å². The van der Waals surface area contributed by atoms with Gasteiger partial charge in [0.1, 0.15) is 6.04 Å². The van der Waals surface area contributed by atoms with Gasteiger partial charge < -0.3 is 15.5 Å². The van der Waals surface area contributed by atoms with Gasteiger partial charge in [0, 0.05) is 44.2 Å². The molecule has 12 heteroatoms. The molecule has 3 amide bonds. The van der Waals surface area contributed by atoms with Crippen molar-refractivity contribution in [3.05, 3.63) is 53.1 Å². The third kappa shape index (κ3) is 8.28. The minimum Gasteiger partial charge on any atom is -0.344 e. The fraction of sp³-hybridized carbons (Fsp3) is 0.562. The van der Waals surface area contributed by atoms with Crippen LogP contribution in [-0.2, 0) is 34.4 Å². The van der Waals surface area contributed by atoms with Gasteiger partial charge in [-0.25, -0.2) is 9.67 Å². The van der Waals surface area contributed by atoms with Crippen LogP contribution in [0.3, 0.4) is 0 Å². The highest BCUT2D eigenvalue weighted by Crippen LogP contribution is 2.25. The maximum atomic E-state index is 13.6. The highest BCUT2D eigenvalue weighted by atomic mass is 32.2. The van der Waals surface area contributed by atoms with E-state index in [0.29, 0.717) is 57.0 Å². The van der Waals surface area contributed by atoms with Crippen LogP contribution < -0.4 is 10.6 Å². The van der Waals surface area contributed by atoms with E-state index in [9.17, 15) is 14.4 Å². The molecule has 3 heterocycles. The van der Waals surface area contributed by atoms with Crippen molar-refractivity contribution in [3.63, 3.8) is 0 Å². The van der Waals surface area contributed by atoms with Gasteiger partial charge in [-0.05, 0) is 56.6 Å². The van der Waals surface area contributed by atoms with E-state index in [1.807, 2.05) is 85.6 Å². The smallest absolute Gasteiger partial charge is 0.243 e. The van der Waals surface area contributed by atoms with Crippen LogP contribution in [0.25, 0.3) is 11.4 Å². The Bertz CT molecular complexity index is 1430. The third-order valence-electron chi connectivity index (χ3n) is 8.25. The second-order valence-electron chi connectivity index (χ2n) is 11.8. The minimum atomic E-state index is -0.659. The number of nitrogens with one attached hydrogen (secondary N) is 2. The van der Waals surface area contributed by atoms with Crippen LogP contribution in [0.2, 0.25) is 0 Å². The van der Waals surface area contributed by atoms with Gasteiger partial charge in [-0.15, -0.1) is 0 Å². The molecule has 1 aliphatic rings. The van der Waals surface area contributed by atoms with Crippen molar-refractivity contribution < 1.29 is 14.4 Å². The zero-order valence-electron chi connectivity index (χ0n) is 26.8. The predicted molar refractivity (Wildman–Crippen MR) is 173 cm³/mol. The molecule has 2 N–H and O–H groups in total. The first-order chi connectivity index (χ1) is 21.1. The summed E-state index contributed by atoms with van der Waals surface area (Å²) in [7, 11) is 1.91. The van der Waals surface area contributed by atoms with Crippen molar-refractivity contribution in [2.75, 3.05) is 25.1 Å². The Morgan fingerprint density at radius 2 is 1.82 bits per heavy atom. The standard InChI is InChI=1S/C32H46N8O3S/c1-21(2)29-31-35-30(24-11-8-7-9-12-24)37-40(31)19-18-39(28(42)15-14-25-22(3)36-38(5)23(25)4)17-10-13-27(41)33-26(16-20-44-6)32(43)34-29/h7-9,11-12,21,26,29H,10,13-20H2,1-6H3,(H,33,41)(H,34,43)/t26-,29+/m0/s1. The minimum absolute atomic E-state index is 0.000901. The number of nitrogens with zero attached hydrogens (tertiary/aromatic N) is 6. The third-order valence-corrected chi connectivity index (χ3v) is 8.90. The molecule has 238 valence electrons. The lowest BCUT2D eigenvalue weighted by atomic mass is 10.0. The van der Waals surface area contributed by atoms with Crippen LogP contribution in [0, 0.1) is 19.8 Å². The SMILES string of the molecule is CSCC[C@@H]1NC(=O)CCCN(C(=O)CCc2c(C)nn(C)c2C)CCn2nc(-c3ccccc3)nc2[C@@H](C(C)C)NC1=O. The summed E-state index contributed by atoms with van der Waals surface area (Å²) in [6, 6.07) is 8.65. The lowest BCUT2D eigenvalue weighted by Gasteiger charge is -2.28. The Kier molecular flexibility index (Phi) is 11.6. The molecule has 0 unspecified atom stereocenters. The second kappa shape index (κ2) is 15.4. The van der Waals surface area contributed by atoms with Gasteiger partial charge in [0.05, 0.1) is 18.3 Å².